The molecule has 0 spiro atoms. The molecule has 1 fully saturated rings. The van der Waals surface area contributed by atoms with Gasteiger partial charge in [-0.1, -0.05) is 78.3 Å². The summed E-state index contributed by atoms with van der Waals surface area (Å²) in [5.41, 5.74) is 5.15. The molecular weight excluding hydrogens is 589 g/mol. The van der Waals surface area contributed by atoms with Crippen molar-refractivity contribution in [2.24, 2.45) is 5.41 Å². The molecule has 0 unspecified atom stereocenters. The van der Waals surface area contributed by atoms with Gasteiger partial charge in [-0.3, -0.25) is 4.79 Å². The summed E-state index contributed by atoms with van der Waals surface area (Å²) in [7, 11) is 0. The zero-order chi connectivity index (χ0) is 29.0. The van der Waals surface area contributed by atoms with Gasteiger partial charge in [0.05, 0.1) is 23.2 Å². The Hall–Kier alpha value is -2.16. The van der Waals surface area contributed by atoms with Gasteiger partial charge in [0, 0.05) is 21.4 Å². The summed E-state index contributed by atoms with van der Waals surface area (Å²) in [4.78, 5) is 16.2. The normalized spacial score (nSPS) is 14.6. The molecule has 1 aliphatic rings. The van der Waals surface area contributed by atoms with Gasteiger partial charge >= 0.3 is 35.5 Å². The van der Waals surface area contributed by atoms with Gasteiger partial charge < -0.3 is 15.7 Å². The number of aliphatic hydroxyl groups is 1. The van der Waals surface area contributed by atoms with E-state index in [1.807, 2.05) is 74.1 Å². The van der Waals surface area contributed by atoms with E-state index >= 15 is 0 Å². The van der Waals surface area contributed by atoms with E-state index in [9.17, 15) is 15.0 Å². The van der Waals surface area contributed by atoms with Crippen molar-refractivity contribution < 1.29 is 50.0 Å². The molecule has 8 heteroatoms. The second kappa shape index (κ2) is 15.2. The predicted octanol–water partition coefficient (Wildman–Crippen LogP) is 5.13. The molecule has 1 aliphatic carbocycles. The molecule has 4 aromatic rings. The van der Waals surface area contributed by atoms with Crippen molar-refractivity contribution in [2.75, 3.05) is 5.75 Å². The Kier molecular flexibility index (Phi) is 12.5. The van der Waals surface area contributed by atoms with E-state index in [2.05, 4.69) is 42.5 Å². The Bertz CT molecular complexity index is 1580. The van der Waals surface area contributed by atoms with Crippen molar-refractivity contribution >= 4 is 52.4 Å². The van der Waals surface area contributed by atoms with Crippen LogP contribution >= 0.6 is 23.4 Å². The number of halogens is 1. The van der Waals surface area contributed by atoms with Crippen LogP contribution in [-0.4, -0.2) is 32.4 Å². The van der Waals surface area contributed by atoms with Crippen LogP contribution in [0.25, 0.3) is 23.1 Å². The van der Waals surface area contributed by atoms with Gasteiger partial charge in [0.15, 0.2) is 0 Å². The standard InChI is InChI=1S/C35H36ClNO3S.Na.H2O/c1-34(2,40)30-9-4-3-7-25(30)13-17-32(41-23-35(18-19-35)22-33(38)39)27-8-5-6-24(20-27)10-15-29-16-12-26-11-14-28(36)21-31(26)37-29;;/h3-12,14-16,20-21,32,40H,13,17-19,22-23H2,1-2H3,(H,38,39);;1H2/q;+1;/b15-10+;;/t32-;;/m1../s1. The molecule has 43 heavy (non-hydrogen) atoms. The largest absolute Gasteiger partial charge is 1.00 e. The van der Waals surface area contributed by atoms with Gasteiger partial charge in [-0.2, -0.15) is 11.8 Å². The number of thioether (sulfide) groups is 1. The summed E-state index contributed by atoms with van der Waals surface area (Å²) in [5, 5.41) is 22.1. The Morgan fingerprint density at radius 2 is 1.79 bits per heavy atom. The van der Waals surface area contributed by atoms with Crippen molar-refractivity contribution in [1.82, 2.24) is 4.98 Å². The molecule has 4 N–H and O–H groups in total. The first-order valence-electron chi connectivity index (χ1n) is 14.1. The van der Waals surface area contributed by atoms with Crippen LogP contribution in [0, 0.1) is 5.41 Å². The number of rotatable bonds is 12. The SMILES string of the molecule is CC(C)(O)c1ccccc1CC[C@@H](SCC1(CC(=O)O)CC1)c1cccc(/C=C/c2ccc3ccc(Cl)cc3n2)c1.O.[Na+]. The summed E-state index contributed by atoms with van der Waals surface area (Å²) in [6.07, 6.45) is 8.02. The summed E-state index contributed by atoms with van der Waals surface area (Å²) >= 11 is 8.04. The quantitative estimate of drug-likeness (QED) is 0.212. The zero-order valence-electron chi connectivity index (χ0n) is 25.0. The first kappa shape index (κ1) is 35.3. The fraction of sp³-hybridized carbons (Fsp3) is 0.314. The molecule has 0 amide bonds. The van der Waals surface area contributed by atoms with Gasteiger partial charge in [0.2, 0.25) is 0 Å². The van der Waals surface area contributed by atoms with Crippen molar-refractivity contribution in [1.29, 1.82) is 0 Å². The maximum atomic E-state index is 11.5. The molecule has 0 saturated heterocycles. The van der Waals surface area contributed by atoms with Crippen LogP contribution in [0.5, 0.6) is 0 Å². The van der Waals surface area contributed by atoms with E-state index in [0.717, 1.165) is 64.7 Å². The van der Waals surface area contributed by atoms with Crippen molar-refractivity contribution in [3.05, 3.63) is 112 Å². The van der Waals surface area contributed by atoms with Gasteiger partial charge in [0.1, 0.15) is 0 Å². The minimum Gasteiger partial charge on any atom is -0.481 e. The number of hydrogen-bond donors (Lipinski definition) is 2. The van der Waals surface area contributed by atoms with Crippen LogP contribution < -0.4 is 29.6 Å². The fourth-order valence-electron chi connectivity index (χ4n) is 5.36. The second-order valence-corrected chi connectivity index (χ2v) is 13.3. The van der Waals surface area contributed by atoms with Crippen LogP contribution in [0.15, 0.2) is 78.9 Å². The number of pyridine rings is 1. The van der Waals surface area contributed by atoms with E-state index in [0.29, 0.717) is 5.02 Å². The summed E-state index contributed by atoms with van der Waals surface area (Å²) in [6.45, 7) is 3.66. The van der Waals surface area contributed by atoms with Crippen LogP contribution in [0.2, 0.25) is 5.02 Å². The number of fused-ring (bicyclic) bond motifs is 1. The Balaban J connectivity index is 0.00000253. The van der Waals surface area contributed by atoms with Gasteiger partial charge in [-0.05, 0) is 91.5 Å². The third kappa shape index (κ3) is 9.66. The van der Waals surface area contributed by atoms with Crippen LogP contribution in [0.3, 0.4) is 0 Å². The first-order chi connectivity index (χ1) is 19.6. The third-order valence-electron chi connectivity index (χ3n) is 7.83. The van der Waals surface area contributed by atoms with Gasteiger partial charge in [0.25, 0.3) is 0 Å². The summed E-state index contributed by atoms with van der Waals surface area (Å²) in [6, 6.07) is 26.5. The Morgan fingerprint density at radius 3 is 2.51 bits per heavy atom. The number of carbonyl (C=O) groups is 1. The molecule has 0 aliphatic heterocycles. The molecule has 0 bridgehead atoms. The maximum Gasteiger partial charge on any atom is 1.00 e. The topological polar surface area (TPSA) is 102 Å². The Labute approximate surface area is 285 Å². The molecule has 1 heterocycles. The monoisotopic (exact) mass is 626 g/mol. The van der Waals surface area contributed by atoms with Crippen molar-refractivity contribution in [2.45, 2.75) is 56.8 Å². The molecule has 1 saturated carbocycles. The average molecular weight is 627 g/mol. The van der Waals surface area contributed by atoms with E-state index in [1.54, 1.807) is 0 Å². The van der Waals surface area contributed by atoms with Crippen molar-refractivity contribution in [3.63, 3.8) is 0 Å². The first-order valence-corrected chi connectivity index (χ1v) is 15.5. The fourth-order valence-corrected chi connectivity index (χ4v) is 7.09. The summed E-state index contributed by atoms with van der Waals surface area (Å²) < 4.78 is 0. The van der Waals surface area contributed by atoms with E-state index in [4.69, 9.17) is 16.6 Å². The van der Waals surface area contributed by atoms with Crippen LogP contribution in [-0.2, 0) is 16.8 Å². The summed E-state index contributed by atoms with van der Waals surface area (Å²) in [5.74, 6) is 0.122. The Morgan fingerprint density at radius 1 is 1.05 bits per heavy atom. The maximum absolute atomic E-state index is 11.5. The number of hydrogen-bond acceptors (Lipinski definition) is 4. The third-order valence-corrected chi connectivity index (χ3v) is 9.76. The molecule has 1 atom stereocenters. The van der Waals surface area contributed by atoms with Crippen molar-refractivity contribution in [3.8, 4) is 0 Å². The number of carboxylic acid groups (broad SMARTS) is 1. The van der Waals surface area contributed by atoms with Gasteiger partial charge in [-0.25, -0.2) is 4.98 Å². The molecule has 1 aromatic heterocycles. The molecule has 5 rings (SSSR count). The smallest absolute Gasteiger partial charge is 0.481 e. The number of carboxylic acids is 1. The molecule has 3 aromatic carbocycles. The molecule has 0 radical (unpaired) electrons. The predicted molar refractivity (Wildman–Crippen MR) is 175 cm³/mol. The van der Waals surface area contributed by atoms with E-state index in [1.165, 1.54) is 5.56 Å². The number of nitrogens with zero attached hydrogens (tertiary/aromatic N) is 1. The minimum atomic E-state index is -0.911. The van der Waals surface area contributed by atoms with Crippen LogP contribution in [0.4, 0.5) is 0 Å². The number of benzene rings is 3. The molecular formula is C35H38ClNNaO4S+. The molecule has 220 valence electrons. The van der Waals surface area contributed by atoms with Gasteiger partial charge in [-0.15, -0.1) is 0 Å². The zero-order valence-corrected chi connectivity index (χ0v) is 28.6. The average Bonchev–Trinajstić information content (AvgIpc) is 3.70. The minimum absolute atomic E-state index is 0. The van der Waals surface area contributed by atoms with E-state index < -0.39 is 11.6 Å². The van der Waals surface area contributed by atoms with E-state index in [-0.39, 0.29) is 52.1 Å². The second-order valence-electron chi connectivity index (χ2n) is 11.7. The van der Waals surface area contributed by atoms with Crippen LogP contribution in [0.1, 0.15) is 72.7 Å². The number of aromatic nitrogens is 1. The molecule has 5 nitrogen and oxygen atoms in total. The number of aryl methyl sites for hydroxylation is 1. The number of aliphatic carboxylic acids is 1.